The first-order chi connectivity index (χ1) is 7.68. The lowest BCUT2D eigenvalue weighted by atomic mass is 10.0. The van der Waals surface area contributed by atoms with Gasteiger partial charge in [-0.15, -0.1) is 0 Å². The summed E-state index contributed by atoms with van der Waals surface area (Å²) in [6.07, 6.45) is 4.79. The molecule has 0 spiro atoms. The van der Waals surface area contributed by atoms with Crippen LogP contribution in [0.5, 0.6) is 0 Å². The summed E-state index contributed by atoms with van der Waals surface area (Å²) in [5.74, 6) is 0.128. The normalized spacial score (nSPS) is 10.1. The van der Waals surface area contributed by atoms with Gasteiger partial charge in [0.05, 0.1) is 5.56 Å². The highest BCUT2D eigenvalue weighted by molar-refractivity contribution is 6.11. The number of hydrogen-bond donors (Lipinski definition) is 1. The summed E-state index contributed by atoms with van der Waals surface area (Å²) in [6, 6.07) is 5.05. The van der Waals surface area contributed by atoms with Crippen molar-refractivity contribution in [1.82, 2.24) is 9.97 Å². The third-order valence-electron chi connectivity index (χ3n) is 2.24. The SMILES string of the molecule is Cc1cnc(N)c(C(=O)c2ccncc2)c1. The molecule has 2 rings (SSSR count). The number of rotatable bonds is 2. The van der Waals surface area contributed by atoms with E-state index in [1.807, 2.05) is 6.92 Å². The zero-order valence-electron chi connectivity index (χ0n) is 8.84. The van der Waals surface area contributed by atoms with Gasteiger partial charge in [0.2, 0.25) is 0 Å². The van der Waals surface area contributed by atoms with E-state index in [1.54, 1.807) is 36.8 Å². The number of ketones is 1. The van der Waals surface area contributed by atoms with Crippen LogP contribution in [-0.4, -0.2) is 15.8 Å². The molecule has 0 aliphatic rings. The van der Waals surface area contributed by atoms with Crippen LogP contribution >= 0.6 is 0 Å². The summed E-state index contributed by atoms with van der Waals surface area (Å²) in [7, 11) is 0. The molecule has 2 N–H and O–H groups in total. The molecule has 2 heterocycles. The molecule has 0 unspecified atom stereocenters. The molecule has 16 heavy (non-hydrogen) atoms. The number of nitrogens with two attached hydrogens (primary N) is 1. The molecule has 0 amide bonds. The monoisotopic (exact) mass is 213 g/mol. The van der Waals surface area contributed by atoms with E-state index in [2.05, 4.69) is 9.97 Å². The second-order valence-electron chi connectivity index (χ2n) is 3.51. The lowest BCUT2D eigenvalue weighted by molar-refractivity contribution is 0.103. The second kappa shape index (κ2) is 4.10. The van der Waals surface area contributed by atoms with Crippen molar-refractivity contribution < 1.29 is 4.79 Å². The summed E-state index contributed by atoms with van der Waals surface area (Å²) >= 11 is 0. The van der Waals surface area contributed by atoms with Crippen molar-refractivity contribution in [3.05, 3.63) is 53.5 Å². The molecule has 4 heteroatoms. The van der Waals surface area contributed by atoms with Gasteiger partial charge in [-0.3, -0.25) is 9.78 Å². The van der Waals surface area contributed by atoms with E-state index < -0.39 is 0 Å². The Hall–Kier alpha value is -2.23. The lowest BCUT2D eigenvalue weighted by Gasteiger charge is -2.04. The summed E-state index contributed by atoms with van der Waals surface area (Å²) in [6.45, 7) is 1.87. The summed E-state index contributed by atoms with van der Waals surface area (Å²) in [5.41, 5.74) is 7.59. The number of nitrogens with zero attached hydrogens (tertiary/aromatic N) is 2. The molecule has 0 radical (unpaired) electrons. The number of aromatic nitrogens is 2. The Labute approximate surface area is 93.2 Å². The molecule has 0 atom stereocenters. The predicted molar refractivity (Wildman–Crippen MR) is 61.1 cm³/mol. The van der Waals surface area contributed by atoms with Crippen molar-refractivity contribution in [2.45, 2.75) is 6.92 Å². The van der Waals surface area contributed by atoms with Gasteiger partial charge in [0.1, 0.15) is 5.82 Å². The number of carbonyl (C=O) groups is 1. The van der Waals surface area contributed by atoms with Gasteiger partial charge in [-0.1, -0.05) is 0 Å². The Morgan fingerprint density at radius 3 is 2.69 bits per heavy atom. The van der Waals surface area contributed by atoms with Crippen LogP contribution in [0.4, 0.5) is 5.82 Å². The van der Waals surface area contributed by atoms with Crippen LogP contribution in [0.3, 0.4) is 0 Å². The van der Waals surface area contributed by atoms with Gasteiger partial charge < -0.3 is 5.73 Å². The lowest BCUT2D eigenvalue weighted by Crippen LogP contribution is -2.07. The first-order valence-electron chi connectivity index (χ1n) is 4.85. The van der Waals surface area contributed by atoms with E-state index in [9.17, 15) is 4.79 Å². The molecule has 0 fully saturated rings. The fourth-order valence-electron chi connectivity index (χ4n) is 1.42. The van der Waals surface area contributed by atoms with Gasteiger partial charge in [-0.25, -0.2) is 4.98 Å². The van der Waals surface area contributed by atoms with E-state index in [0.29, 0.717) is 11.1 Å². The smallest absolute Gasteiger partial charge is 0.196 e. The zero-order chi connectivity index (χ0) is 11.5. The predicted octanol–water partition coefficient (Wildman–Crippen LogP) is 1.60. The minimum absolute atomic E-state index is 0.129. The third kappa shape index (κ3) is 1.91. The third-order valence-corrected chi connectivity index (χ3v) is 2.24. The van der Waals surface area contributed by atoms with Crippen molar-refractivity contribution >= 4 is 11.6 Å². The van der Waals surface area contributed by atoms with E-state index in [0.717, 1.165) is 5.56 Å². The van der Waals surface area contributed by atoms with E-state index in [-0.39, 0.29) is 11.6 Å². The van der Waals surface area contributed by atoms with Gasteiger partial charge >= 0.3 is 0 Å². The Kier molecular flexibility index (Phi) is 2.64. The quantitative estimate of drug-likeness (QED) is 0.769. The van der Waals surface area contributed by atoms with Crippen LogP contribution in [0.2, 0.25) is 0 Å². The number of pyridine rings is 2. The largest absolute Gasteiger partial charge is 0.383 e. The fourth-order valence-corrected chi connectivity index (χ4v) is 1.42. The van der Waals surface area contributed by atoms with Gasteiger partial charge in [0, 0.05) is 24.2 Å². The van der Waals surface area contributed by atoms with Crippen LogP contribution in [0.25, 0.3) is 0 Å². The molecular weight excluding hydrogens is 202 g/mol. The second-order valence-corrected chi connectivity index (χ2v) is 3.51. The molecule has 2 aromatic rings. The van der Waals surface area contributed by atoms with E-state index in [4.69, 9.17) is 5.73 Å². The molecule has 0 bridgehead atoms. The average molecular weight is 213 g/mol. The molecule has 0 saturated heterocycles. The Bertz CT molecular complexity index is 523. The zero-order valence-corrected chi connectivity index (χ0v) is 8.84. The Balaban J connectivity index is 2.46. The number of carbonyl (C=O) groups excluding carboxylic acids is 1. The number of anilines is 1. The van der Waals surface area contributed by atoms with Crippen molar-refractivity contribution in [3.63, 3.8) is 0 Å². The van der Waals surface area contributed by atoms with Crippen molar-refractivity contribution in [2.75, 3.05) is 5.73 Å². The first-order valence-corrected chi connectivity index (χ1v) is 4.85. The maximum absolute atomic E-state index is 12.1. The fraction of sp³-hybridized carbons (Fsp3) is 0.0833. The van der Waals surface area contributed by atoms with E-state index in [1.165, 1.54) is 0 Å². The number of nitrogen functional groups attached to an aromatic ring is 1. The van der Waals surface area contributed by atoms with Crippen molar-refractivity contribution in [2.24, 2.45) is 0 Å². The van der Waals surface area contributed by atoms with Crippen molar-refractivity contribution in [3.8, 4) is 0 Å². The minimum Gasteiger partial charge on any atom is -0.383 e. The van der Waals surface area contributed by atoms with Crippen LogP contribution in [0, 0.1) is 6.92 Å². The summed E-state index contributed by atoms with van der Waals surface area (Å²) < 4.78 is 0. The van der Waals surface area contributed by atoms with Gasteiger partial charge in [-0.2, -0.15) is 0 Å². The van der Waals surface area contributed by atoms with Crippen LogP contribution in [-0.2, 0) is 0 Å². The standard InChI is InChI=1S/C12H11N3O/c1-8-6-10(12(13)15-7-8)11(16)9-2-4-14-5-3-9/h2-7H,1H3,(H2,13,15). The molecule has 0 aliphatic carbocycles. The molecule has 80 valence electrons. The summed E-state index contributed by atoms with van der Waals surface area (Å²) in [5, 5.41) is 0. The Morgan fingerprint density at radius 1 is 1.31 bits per heavy atom. The molecular formula is C12H11N3O. The van der Waals surface area contributed by atoms with Gasteiger partial charge in [0.15, 0.2) is 5.78 Å². The maximum atomic E-state index is 12.1. The molecule has 2 aromatic heterocycles. The molecule has 0 aromatic carbocycles. The van der Waals surface area contributed by atoms with Crippen LogP contribution in [0.15, 0.2) is 36.8 Å². The molecule has 0 aliphatic heterocycles. The van der Waals surface area contributed by atoms with Gasteiger partial charge in [-0.05, 0) is 30.7 Å². The van der Waals surface area contributed by atoms with E-state index >= 15 is 0 Å². The average Bonchev–Trinajstić information content (AvgIpc) is 2.32. The maximum Gasteiger partial charge on any atom is 0.196 e. The van der Waals surface area contributed by atoms with Crippen molar-refractivity contribution in [1.29, 1.82) is 0 Å². The highest BCUT2D eigenvalue weighted by atomic mass is 16.1. The first kappa shape index (κ1) is 10.3. The highest BCUT2D eigenvalue weighted by Crippen LogP contribution is 2.15. The van der Waals surface area contributed by atoms with Crippen LogP contribution in [0.1, 0.15) is 21.5 Å². The van der Waals surface area contributed by atoms with Gasteiger partial charge in [0.25, 0.3) is 0 Å². The topological polar surface area (TPSA) is 68.9 Å². The number of hydrogen-bond acceptors (Lipinski definition) is 4. The minimum atomic E-state index is -0.129. The molecule has 0 saturated carbocycles. The number of aryl methyl sites for hydroxylation is 1. The van der Waals surface area contributed by atoms with Crippen LogP contribution < -0.4 is 5.73 Å². The highest BCUT2D eigenvalue weighted by Gasteiger charge is 2.12. The Morgan fingerprint density at radius 2 is 2.00 bits per heavy atom. The molecule has 4 nitrogen and oxygen atoms in total. The summed E-state index contributed by atoms with van der Waals surface area (Å²) in [4.78, 5) is 19.9.